The van der Waals surface area contributed by atoms with Crippen LogP contribution in [0.25, 0.3) is 21.1 Å². The summed E-state index contributed by atoms with van der Waals surface area (Å²) in [7, 11) is 0. The SMILES string of the molecule is CCCCCCCCCOc1ccc(-c2nnc(-c3ccccc3)s2)cc1. The van der Waals surface area contributed by atoms with Crippen LogP contribution in [0, 0.1) is 0 Å². The van der Waals surface area contributed by atoms with E-state index in [9.17, 15) is 0 Å². The van der Waals surface area contributed by atoms with Crippen LogP contribution in [-0.4, -0.2) is 16.8 Å². The molecule has 0 saturated heterocycles. The van der Waals surface area contributed by atoms with Crippen LogP contribution in [0.1, 0.15) is 51.9 Å². The molecule has 1 aromatic heterocycles. The second-order valence-corrected chi connectivity index (χ2v) is 7.75. The molecule has 0 aliphatic rings. The Morgan fingerprint density at radius 3 is 1.96 bits per heavy atom. The fraction of sp³-hybridized carbons (Fsp3) is 0.391. The minimum atomic E-state index is 0.796. The molecule has 0 saturated carbocycles. The molecule has 0 spiro atoms. The molecule has 3 nitrogen and oxygen atoms in total. The Balaban J connectivity index is 1.45. The van der Waals surface area contributed by atoms with Crippen molar-refractivity contribution in [1.29, 1.82) is 0 Å². The first-order valence-electron chi connectivity index (χ1n) is 9.99. The van der Waals surface area contributed by atoms with Crippen molar-refractivity contribution < 1.29 is 4.74 Å². The lowest BCUT2D eigenvalue weighted by atomic mass is 10.1. The van der Waals surface area contributed by atoms with Crippen molar-refractivity contribution in [3.05, 3.63) is 54.6 Å². The Morgan fingerprint density at radius 1 is 0.704 bits per heavy atom. The number of nitrogens with zero attached hydrogens (tertiary/aromatic N) is 2. The van der Waals surface area contributed by atoms with E-state index in [2.05, 4.69) is 41.4 Å². The summed E-state index contributed by atoms with van der Waals surface area (Å²) in [6, 6.07) is 18.4. The smallest absolute Gasteiger partial charge is 0.148 e. The predicted octanol–water partition coefficient (Wildman–Crippen LogP) is 7.00. The Kier molecular flexibility index (Phi) is 7.84. The molecule has 0 aliphatic heterocycles. The van der Waals surface area contributed by atoms with Crippen LogP contribution >= 0.6 is 11.3 Å². The number of benzene rings is 2. The van der Waals surface area contributed by atoms with Crippen LogP contribution in [-0.2, 0) is 0 Å². The third-order valence-corrected chi connectivity index (χ3v) is 5.59. The molecule has 0 aliphatic carbocycles. The summed E-state index contributed by atoms with van der Waals surface area (Å²) in [5, 5.41) is 10.5. The molecule has 0 fully saturated rings. The zero-order valence-electron chi connectivity index (χ0n) is 16.1. The first kappa shape index (κ1) is 19.6. The topological polar surface area (TPSA) is 35.0 Å². The monoisotopic (exact) mass is 380 g/mol. The summed E-state index contributed by atoms with van der Waals surface area (Å²) < 4.78 is 5.87. The number of rotatable bonds is 11. The quantitative estimate of drug-likeness (QED) is 0.336. The first-order chi connectivity index (χ1) is 13.4. The highest BCUT2D eigenvalue weighted by Gasteiger charge is 2.08. The second kappa shape index (κ2) is 10.8. The minimum absolute atomic E-state index is 0.796. The lowest BCUT2D eigenvalue weighted by Gasteiger charge is -2.06. The molecule has 0 unspecified atom stereocenters. The van der Waals surface area contributed by atoms with Gasteiger partial charge in [0.25, 0.3) is 0 Å². The summed E-state index contributed by atoms with van der Waals surface area (Å²) in [4.78, 5) is 0. The summed E-state index contributed by atoms with van der Waals surface area (Å²) in [6.45, 7) is 3.05. The van der Waals surface area contributed by atoms with E-state index in [0.29, 0.717) is 0 Å². The molecule has 1 heterocycles. The molecule has 0 amide bonds. The van der Waals surface area contributed by atoms with Gasteiger partial charge in [0.2, 0.25) is 0 Å². The van der Waals surface area contributed by atoms with Crippen LogP contribution in [0.3, 0.4) is 0 Å². The molecule has 3 rings (SSSR count). The third-order valence-electron chi connectivity index (χ3n) is 4.56. The Morgan fingerprint density at radius 2 is 1.30 bits per heavy atom. The number of aromatic nitrogens is 2. The van der Waals surface area contributed by atoms with Gasteiger partial charge < -0.3 is 4.74 Å². The molecule has 0 radical (unpaired) electrons. The van der Waals surface area contributed by atoms with Crippen LogP contribution < -0.4 is 4.74 Å². The van der Waals surface area contributed by atoms with E-state index in [0.717, 1.165) is 39.9 Å². The van der Waals surface area contributed by atoms with Gasteiger partial charge in [-0.1, -0.05) is 87.1 Å². The van der Waals surface area contributed by atoms with Crippen LogP contribution in [0.5, 0.6) is 5.75 Å². The van der Waals surface area contributed by atoms with Crippen LogP contribution in [0.15, 0.2) is 54.6 Å². The number of hydrogen-bond acceptors (Lipinski definition) is 4. The zero-order valence-corrected chi connectivity index (χ0v) is 16.9. The van der Waals surface area contributed by atoms with Gasteiger partial charge in [0, 0.05) is 11.1 Å². The molecule has 0 N–H and O–H groups in total. The van der Waals surface area contributed by atoms with Crippen molar-refractivity contribution in [1.82, 2.24) is 10.2 Å². The molecular weight excluding hydrogens is 352 g/mol. The molecule has 4 heteroatoms. The average molecular weight is 381 g/mol. The van der Waals surface area contributed by atoms with Gasteiger partial charge in [-0.05, 0) is 30.7 Å². The normalized spacial score (nSPS) is 10.9. The predicted molar refractivity (Wildman–Crippen MR) is 114 cm³/mol. The minimum Gasteiger partial charge on any atom is -0.494 e. The number of hydrogen-bond donors (Lipinski definition) is 0. The molecule has 142 valence electrons. The van der Waals surface area contributed by atoms with Gasteiger partial charge in [-0.3, -0.25) is 0 Å². The Hall–Kier alpha value is -2.20. The molecule has 2 aromatic carbocycles. The maximum absolute atomic E-state index is 5.87. The zero-order chi connectivity index (χ0) is 18.7. The van der Waals surface area contributed by atoms with Gasteiger partial charge in [-0.25, -0.2) is 0 Å². The van der Waals surface area contributed by atoms with Crippen molar-refractivity contribution in [2.24, 2.45) is 0 Å². The highest BCUT2D eigenvalue weighted by Crippen LogP contribution is 2.30. The van der Waals surface area contributed by atoms with Gasteiger partial charge in [0.05, 0.1) is 6.61 Å². The van der Waals surface area contributed by atoms with Gasteiger partial charge in [-0.15, -0.1) is 10.2 Å². The van der Waals surface area contributed by atoms with E-state index in [1.165, 1.54) is 38.5 Å². The van der Waals surface area contributed by atoms with E-state index < -0.39 is 0 Å². The molecule has 0 atom stereocenters. The maximum Gasteiger partial charge on any atom is 0.148 e. The van der Waals surface area contributed by atoms with Crippen LogP contribution in [0.2, 0.25) is 0 Å². The van der Waals surface area contributed by atoms with Gasteiger partial charge >= 0.3 is 0 Å². The standard InChI is InChI=1S/C23H28N2OS/c1-2-3-4-5-6-7-11-18-26-21-16-14-20(15-17-21)23-25-24-22(27-23)19-12-9-8-10-13-19/h8-10,12-17H,2-7,11,18H2,1H3. The van der Waals surface area contributed by atoms with Crippen molar-refractivity contribution >= 4 is 11.3 Å². The summed E-state index contributed by atoms with van der Waals surface area (Å²) in [6.07, 6.45) is 9.11. The highest BCUT2D eigenvalue weighted by atomic mass is 32.1. The van der Waals surface area contributed by atoms with Crippen molar-refractivity contribution in [3.8, 4) is 26.9 Å². The molecule has 3 aromatic rings. The largest absolute Gasteiger partial charge is 0.494 e. The average Bonchev–Trinajstić information content (AvgIpc) is 3.21. The Bertz CT molecular complexity index is 784. The Labute approximate surface area is 166 Å². The van der Waals surface area contributed by atoms with Gasteiger partial charge in [0.1, 0.15) is 15.8 Å². The van der Waals surface area contributed by atoms with E-state index in [-0.39, 0.29) is 0 Å². The number of unbranched alkanes of at least 4 members (excludes halogenated alkanes) is 6. The summed E-state index contributed by atoms with van der Waals surface area (Å²) >= 11 is 1.61. The van der Waals surface area contributed by atoms with Crippen molar-refractivity contribution in [2.75, 3.05) is 6.61 Å². The summed E-state index contributed by atoms with van der Waals surface area (Å²) in [5.41, 5.74) is 2.19. The lowest BCUT2D eigenvalue weighted by Crippen LogP contribution is -1.97. The number of ether oxygens (including phenoxy) is 1. The lowest BCUT2D eigenvalue weighted by molar-refractivity contribution is 0.304. The fourth-order valence-corrected chi connectivity index (χ4v) is 3.83. The molecule has 27 heavy (non-hydrogen) atoms. The van der Waals surface area contributed by atoms with E-state index in [4.69, 9.17) is 4.74 Å². The molecule has 0 bridgehead atoms. The second-order valence-electron chi connectivity index (χ2n) is 6.77. The van der Waals surface area contributed by atoms with Crippen LogP contribution in [0.4, 0.5) is 0 Å². The van der Waals surface area contributed by atoms with E-state index in [1.807, 2.05) is 30.3 Å². The maximum atomic E-state index is 5.87. The molecular formula is C23H28N2OS. The summed E-state index contributed by atoms with van der Waals surface area (Å²) in [5.74, 6) is 0.928. The van der Waals surface area contributed by atoms with Gasteiger partial charge in [-0.2, -0.15) is 0 Å². The van der Waals surface area contributed by atoms with E-state index >= 15 is 0 Å². The fourth-order valence-electron chi connectivity index (χ4n) is 2.98. The van der Waals surface area contributed by atoms with E-state index in [1.54, 1.807) is 11.3 Å². The third kappa shape index (κ3) is 6.17. The van der Waals surface area contributed by atoms with Gasteiger partial charge in [0.15, 0.2) is 0 Å². The highest BCUT2D eigenvalue weighted by molar-refractivity contribution is 7.17. The van der Waals surface area contributed by atoms with Crippen molar-refractivity contribution in [2.45, 2.75) is 51.9 Å². The van der Waals surface area contributed by atoms with Crippen molar-refractivity contribution in [3.63, 3.8) is 0 Å². The first-order valence-corrected chi connectivity index (χ1v) is 10.8.